The Morgan fingerprint density at radius 1 is 1.50 bits per heavy atom. The van der Waals surface area contributed by atoms with Crippen molar-refractivity contribution in [2.45, 2.75) is 25.8 Å². The number of carbonyl (C=O) groups is 3. The van der Waals surface area contributed by atoms with Crippen molar-refractivity contribution in [1.82, 2.24) is 10.6 Å². The lowest BCUT2D eigenvalue weighted by molar-refractivity contribution is -0.146. The molecule has 98 valence electrons. The van der Waals surface area contributed by atoms with Crippen molar-refractivity contribution >= 4 is 17.9 Å². The number of hydrogen-bond donors (Lipinski definition) is 2. The molecule has 6 heteroatoms. The van der Waals surface area contributed by atoms with Crippen LogP contribution in [0, 0.1) is 23.7 Å². The number of esters is 1. The highest BCUT2D eigenvalue weighted by Crippen LogP contribution is 2.65. The van der Waals surface area contributed by atoms with Gasteiger partial charge in [0.2, 0.25) is 0 Å². The molecule has 1 aliphatic heterocycles. The van der Waals surface area contributed by atoms with Crippen LogP contribution >= 0.6 is 0 Å². The van der Waals surface area contributed by atoms with Gasteiger partial charge in [0.1, 0.15) is 5.54 Å². The zero-order valence-electron chi connectivity index (χ0n) is 10.4. The minimum atomic E-state index is -0.890. The van der Waals surface area contributed by atoms with Crippen LogP contribution in [-0.2, 0) is 14.3 Å². The summed E-state index contributed by atoms with van der Waals surface area (Å²) in [6.07, 6.45) is 0.780. The van der Waals surface area contributed by atoms with E-state index in [0.717, 1.165) is 6.42 Å². The molecule has 3 aliphatic rings. The van der Waals surface area contributed by atoms with Crippen LogP contribution in [0.25, 0.3) is 0 Å². The molecule has 2 saturated carbocycles. The van der Waals surface area contributed by atoms with Gasteiger partial charge >= 0.3 is 12.0 Å². The van der Waals surface area contributed by atoms with Gasteiger partial charge in [-0.15, -0.1) is 0 Å². The predicted molar refractivity (Wildman–Crippen MR) is 60.3 cm³/mol. The highest BCUT2D eigenvalue weighted by molar-refractivity contribution is 6.08. The van der Waals surface area contributed by atoms with Gasteiger partial charge in [-0.05, 0) is 25.2 Å². The van der Waals surface area contributed by atoms with Crippen molar-refractivity contribution in [3.05, 3.63) is 0 Å². The fourth-order valence-electron chi connectivity index (χ4n) is 3.83. The average Bonchev–Trinajstić information content (AvgIpc) is 2.82. The van der Waals surface area contributed by atoms with Crippen LogP contribution in [0.4, 0.5) is 4.79 Å². The lowest BCUT2D eigenvalue weighted by Crippen LogP contribution is -2.53. The van der Waals surface area contributed by atoms with E-state index in [4.69, 9.17) is 4.74 Å². The Balaban J connectivity index is 1.86. The van der Waals surface area contributed by atoms with E-state index in [1.165, 1.54) is 0 Å². The Labute approximate surface area is 104 Å². The van der Waals surface area contributed by atoms with Gasteiger partial charge in [0.05, 0.1) is 12.5 Å². The van der Waals surface area contributed by atoms with Gasteiger partial charge in [-0.2, -0.15) is 0 Å². The first-order valence-electron chi connectivity index (χ1n) is 6.32. The summed E-state index contributed by atoms with van der Waals surface area (Å²) in [4.78, 5) is 35.2. The number of ether oxygens (including phenoxy) is 1. The third-order valence-electron chi connectivity index (χ3n) is 4.58. The topological polar surface area (TPSA) is 84.5 Å². The number of carbonyl (C=O) groups excluding carboxylic acids is 3. The number of fused-ring (bicyclic) bond motifs is 2. The predicted octanol–water partition coefficient (Wildman–Crippen LogP) is 0.0297. The van der Waals surface area contributed by atoms with Gasteiger partial charge in [0, 0.05) is 5.92 Å². The van der Waals surface area contributed by atoms with Crippen LogP contribution in [0.2, 0.25) is 0 Å². The second kappa shape index (κ2) is 3.46. The minimum absolute atomic E-state index is 0.0598. The number of nitrogens with one attached hydrogen (secondary N) is 2. The second-order valence-electron chi connectivity index (χ2n) is 5.38. The fourth-order valence-corrected chi connectivity index (χ4v) is 3.83. The fraction of sp³-hybridized carbons (Fsp3) is 0.750. The molecule has 6 nitrogen and oxygen atoms in total. The quantitative estimate of drug-likeness (QED) is 0.536. The first kappa shape index (κ1) is 11.5. The maximum atomic E-state index is 12.0. The molecule has 1 saturated heterocycles. The van der Waals surface area contributed by atoms with E-state index >= 15 is 0 Å². The number of imide groups is 1. The standard InChI is InChI=1S/C12H16N2O4/c1-3-18-9(15)7-6-4-5(2)12(8(6)7)10(16)13-11(17)14-12/h5-8H,3-4H2,1-2H3,(H2,13,14,16,17)/t5-,6+,7+,8+,12+/m1/s1. The maximum absolute atomic E-state index is 12.0. The second-order valence-corrected chi connectivity index (χ2v) is 5.38. The summed E-state index contributed by atoms with van der Waals surface area (Å²) in [5.74, 6) is -0.636. The molecule has 0 radical (unpaired) electrons. The molecule has 5 atom stereocenters. The lowest BCUT2D eigenvalue weighted by Gasteiger charge is -2.29. The Bertz CT molecular complexity index is 449. The molecule has 0 unspecified atom stereocenters. The third kappa shape index (κ3) is 1.20. The summed E-state index contributed by atoms with van der Waals surface area (Å²) in [5, 5.41) is 5.03. The van der Waals surface area contributed by atoms with Crippen LogP contribution in [0.3, 0.4) is 0 Å². The molecule has 0 bridgehead atoms. The van der Waals surface area contributed by atoms with Crippen LogP contribution < -0.4 is 10.6 Å². The van der Waals surface area contributed by atoms with Crippen LogP contribution in [-0.4, -0.2) is 30.1 Å². The maximum Gasteiger partial charge on any atom is 0.322 e. The third-order valence-corrected chi connectivity index (χ3v) is 4.58. The van der Waals surface area contributed by atoms with E-state index in [1.807, 2.05) is 6.92 Å². The Hall–Kier alpha value is -1.59. The Morgan fingerprint density at radius 3 is 2.78 bits per heavy atom. The lowest BCUT2D eigenvalue weighted by atomic mass is 9.82. The monoisotopic (exact) mass is 252 g/mol. The Kier molecular flexibility index (Phi) is 2.21. The van der Waals surface area contributed by atoms with E-state index in [-0.39, 0.29) is 35.5 Å². The average molecular weight is 252 g/mol. The minimum Gasteiger partial charge on any atom is -0.466 e. The van der Waals surface area contributed by atoms with Crippen molar-refractivity contribution in [3.63, 3.8) is 0 Å². The summed E-state index contributed by atoms with van der Waals surface area (Å²) in [6.45, 7) is 4.05. The van der Waals surface area contributed by atoms with Gasteiger partial charge in [0.25, 0.3) is 5.91 Å². The molecule has 3 rings (SSSR count). The first-order chi connectivity index (χ1) is 8.52. The van der Waals surface area contributed by atoms with Gasteiger partial charge in [-0.25, -0.2) is 4.79 Å². The summed E-state index contributed by atoms with van der Waals surface area (Å²) < 4.78 is 5.02. The van der Waals surface area contributed by atoms with Crippen molar-refractivity contribution < 1.29 is 19.1 Å². The van der Waals surface area contributed by atoms with E-state index in [0.29, 0.717) is 6.61 Å². The van der Waals surface area contributed by atoms with Crippen molar-refractivity contribution in [1.29, 1.82) is 0 Å². The van der Waals surface area contributed by atoms with Gasteiger partial charge < -0.3 is 10.1 Å². The molecule has 0 aromatic carbocycles. The van der Waals surface area contributed by atoms with Crippen molar-refractivity contribution in [2.24, 2.45) is 23.7 Å². The number of urea groups is 1. The first-order valence-corrected chi connectivity index (χ1v) is 6.32. The molecule has 2 N–H and O–H groups in total. The summed E-state index contributed by atoms with van der Waals surface area (Å²) in [6, 6.07) is -0.456. The number of hydrogen-bond acceptors (Lipinski definition) is 4. The molecule has 1 spiro atoms. The SMILES string of the molecule is CCOC(=O)[C@H]1[C@@H]2C[C@@H](C)[C@]3(NC(=O)NC3=O)[C@@H]21. The summed E-state index contributed by atoms with van der Waals surface area (Å²) in [7, 11) is 0. The molecule has 0 aromatic heterocycles. The van der Waals surface area contributed by atoms with Crippen LogP contribution in [0.5, 0.6) is 0 Å². The molecule has 1 heterocycles. The summed E-state index contributed by atoms with van der Waals surface area (Å²) >= 11 is 0. The van der Waals surface area contributed by atoms with Crippen LogP contribution in [0.1, 0.15) is 20.3 Å². The molecule has 3 fully saturated rings. The largest absolute Gasteiger partial charge is 0.466 e. The van der Waals surface area contributed by atoms with Gasteiger partial charge in [-0.1, -0.05) is 6.92 Å². The zero-order valence-corrected chi connectivity index (χ0v) is 10.4. The molecule has 0 aromatic rings. The summed E-state index contributed by atoms with van der Waals surface area (Å²) in [5.41, 5.74) is -0.890. The van der Waals surface area contributed by atoms with E-state index in [9.17, 15) is 14.4 Å². The van der Waals surface area contributed by atoms with Gasteiger partial charge in [-0.3, -0.25) is 14.9 Å². The number of rotatable bonds is 2. The number of amides is 3. The van der Waals surface area contributed by atoms with Crippen molar-refractivity contribution in [2.75, 3.05) is 6.61 Å². The normalized spacial score (nSPS) is 44.6. The van der Waals surface area contributed by atoms with E-state index in [2.05, 4.69) is 10.6 Å². The van der Waals surface area contributed by atoms with Gasteiger partial charge in [0.15, 0.2) is 0 Å². The van der Waals surface area contributed by atoms with E-state index < -0.39 is 11.6 Å². The molecular formula is C12H16N2O4. The van der Waals surface area contributed by atoms with Crippen LogP contribution in [0.15, 0.2) is 0 Å². The van der Waals surface area contributed by atoms with E-state index in [1.54, 1.807) is 6.92 Å². The van der Waals surface area contributed by atoms with Crippen molar-refractivity contribution in [3.8, 4) is 0 Å². The molecule has 2 aliphatic carbocycles. The molecule has 3 amide bonds. The zero-order chi connectivity index (χ0) is 13.1. The molecular weight excluding hydrogens is 236 g/mol. The highest BCUT2D eigenvalue weighted by Gasteiger charge is 2.76. The highest BCUT2D eigenvalue weighted by atomic mass is 16.5. The Morgan fingerprint density at radius 2 is 2.22 bits per heavy atom. The molecule has 18 heavy (non-hydrogen) atoms. The smallest absolute Gasteiger partial charge is 0.322 e.